The lowest BCUT2D eigenvalue weighted by atomic mass is 10.0. The maximum atomic E-state index is 6.55. The van der Waals surface area contributed by atoms with Gasteiger partial charge in [-0.05, 0) is 77.9 Å². The first-order valence-corrected chi connectivity index (χ1v) is 14.0. The first-order chi connectivity index (χ1) is 19.7. The Labute approximate surface area is 242 Å². The minimum Gasteiger partial charge on any atom is -0.453 e. The number of nitrogens with zero attached hydrogens (tertiary/aromatic N) is 2. The molecular weight excluding hydrogens is 556 g/mol. The van der Waals surface area contributed by atoms with Crippen molar-refractivity contribution in [2.75, 3.05) is 9.80 Å². The molecule has 1 aliphatic rings. The molecule has 0 N–H and O–H groups in total. The Morgan fingerprint density at radius 1 is 0.475 bits per heavy atom. The first kappa shape index (κ1) is 24.3. The summed E-state index contributed by atoms with van der Waals surface area (Å²) < 4.78 is 7.53. The summed E-state index contributed by atoms with van der Waals surface area (Å²) >= 11 is 3.62. The molecule has 0 amide bonds. The molecule has 0 atom stereocenters. The monoisotopic (exact) mass is 580 g/mol. The van der Waals surface area contributed by atoms with Crippen LogP contribution in [-0.2, 0) is 0 Å². The average Bonchev–Trinajstić information content (AvgIpc) is 3.01. The Balaban J connectivity index is 1.34. The van der Waals surface area contributed by atoms with E-state index in [4.69, 9.17) is 4.74 Å². The van der Waals surface area contributed by atoms with Gasteiger partial charge in [0, 0.05) is 33.3 Å². The van der Waals surface area contributed by atoms with Crippen LogP contribution in [0.4, 0.5) is 34.1 Å². The van der Waals surface area contributed by atoms with E-state index in [2.05, 4.69) is 147 Å². The van der Waals surface area contributed by atoms with E-state index in [1.165, 1.54) is 11.1 Å². The maximum absolute atomic E-state index is 6.55. The summed E-state index contributed by atoms with van der Waals surface area (Å²) in [5, 5.41) is 0. The van der Waals surface area contributed by atoms with E-state index in [9.17, 15) is 0 Å². The molecule has 0 saturated heterocycles. The molecule has 4 heteroatoms. The van der Waals surface area contributed by atoms with Crippen molar-refractivity contribution >= 4 is 50.1 Å². The molecule has 0 aromatic heterocycles. The van der Waals surface area contributed by atoms with Crippen LogP contribution in [0.2, 0.25) is 0 Å². The van der Waals surface area contributed by atoms with Crippen LogP contribution in [0.3, 0.4) is 0 Å². The summed E-state index contributed by atoms with van der Waals surface area (Å²) in [4.78, 5) is 4.52. The second kappa shape index (κ2) is 10.4. The van der Waals surface area contributed by atoms with Gasteiger partial charge in [-0.3, -0.25) is 0 Å². The number of ether oxygens (including phenoxy) is 1. The van der Waals surface area contributed by atoms with E-state index >= 15 is 0 Å². The Kier molecular flexibility index (Phi) is 6.31. The Morgan fingerprint density at radius 3 is 1.70 bits per heavy atom. The van der Waals surface area contributed by atoms with Gasteiger partial charge in [0.05, 0.1) is 11.4 Å². The molecule has 3 nitrogen and oxygen atoms in total. The Morgan fingerprint density at radius 2 is 1.00 bits per heavy atom. The van der Waals surface area contributed by atoms with Gasteiger partial charge in [0.25, 0.3) is 0 Å². The van der Waals surface area contributed by atoms with Crippen molar-refractivity contribution in [2.24, 2.45) is 0 Å². The molecule has 0 saturated carbocycles. The van der Waals surface area contributed by atoms with Crippen LogP contribution < -0.4 is 14.5 Å². The minimum atomic E-state index is 0.800. The third kappa shape index (κ3) is 4.53. The molecular formula is C36H25BrN2O. The highest BCUT2D eigenvalue weighted by molar-refractivity contribution is 9.10. The van der Waals surface area contributed by atoms with Gasteiger partial charge in [-0.15, -0.1) is 0 Å². The fourth-order valence-corrected chi connectivity index (χ4v) is 5.56. The van der Waals surface area contributed by atoms with Gasteiger partial charge in [0.15, 0.2) is 11.5 Å². The van der Waals surface area contributed by atoms with E-state index in [0.717, 1.165) is 50.1 Å². The standard InChI is InChI=1S/C36H25BrN2O/c37-28-18-22-33-35(24-28)40-36-25-32(21-23-34(36)39(33)30-14-8-3-9-15-30)38(29-12-6-2-7-13-29)31-19-16-27(17-20-31)26-10-4-1-5-11-26/h1-25H. The van der Waals surface area contributed by atoms with E-state index in [-0.39, 0.29) is 0 Å². The number of rotatable bonds is 5. The zero-order valence-corrected chi connectivity index (χ0v) is 23.2. The van der Waals surface area contributed by atoms with E-state index in [1.54, 1.807) is 0 Å². The third-order valence-corrected chi connectivity index (χ3v) is 7.58. The normalized spacial score (nSPS) is 11.8. The Bertz CT molecular complexity index is 1770. The highest BCUT2D eigenvalue weighted by Gasteiger charge is 2.27. The molecule has 0 radical (unpaired) electrons. The second-order valence-electron chi connectivity index (χ2n) is 9.62. The smallest absolute Gasteiger partial charge is 0.153 e. The highest BCUT2D eigenvalue weighted by atomic mass is 79.9. The molecule has 6 aromatic rings. The zero-order valence-electron chi connectivity index (χ0n) is 21.6. The number of hydrogen-bond acceptors (Lipinski definition) is 3. The summed E-state index contributed by atoms with van der Waals surface area (Å²) in [6, 6.07) is 52.7. The lowest BCUT2D eigenvalue weighted by molar-refractivity contribution is 0.477. The van der Waals surface area contributed by atoms with Crippen LogP contribution in [0.1, 0.15) is 0 Å². The van der Waals surface area contributed by atoms with Gasteiger partial charge in [0.1, 0.15) is 0 Å². The minimum absolute atomic E-state index is 0.800. The predicted molar refractivity (Wildman–Crippen MR) is 169 cm³/mol. The fourth-order valence-electron chi connectivity index (χ4n) is 5.22. The number of para-hydroxylation sites is 2. The molecule has 6 aromatic carbocycles. The maximum Gasteiger partial charge on any atom is 0.153 e. The van der Waals surface area contributed by atoms with E-state index in [1.807, 2.05) is 30.3 Å². The van der Waals surface area contributed by atoms with Gasteiger partial charge in [-0.1, -0.05) is 94.8 Å². The molecule has 40 heavy (non-hydrogen) atoms. The van der Waals surface area contributed by atoms with Crippen molar-refractivity contribution in [1.29, 1.82) is 0 Å². The van der Waals surface area contributed by atoms with Gasteiger partial charge < -0.3 is 14.5 Å². The van der Waals surface area contributed by atoms with Crippen LogP contribution in [0.5, 0.6) is 11.5 Å². The van der Waals surface area contributed by atoms with Crippen molar-refractivity contribution in [3.05, 3.63) is 156 Å². The van der Waals surface area contributed by atoms with Crippen LogP contribution in [0.25, 0.3) is 11.1 Å². The molecule has 192 valence electrons. The first-order valence-electron chi connectivity index (χ1n) is 13.2. The molecule has 0 unspecified atom stereocenters. The van der Waals surface area contributed by atoms with Crippen molar-refractivity contribution in [1.82, 2.24) is 0 Å². The summed E-state index contributed by atoms with van der Waals surface area (Å²) in [7, 11) is 0. The molecule has 0 aliphatic carbocycles. The largest absolute Gasteiger partial charge is 0.453 e. The highest BCUT2D eigenvalue weighted by Crippen LogP contribution is 2.52. The molecule has 1 aliphatic heterocycles. The lowest BCUT2D eigenvalue weighted by Crippen LogP contribution is -2.17. The fraction of sp³-hybridized carbons (Fsp3) is 0. The number of anilines is 6. The summed E-state index contributed by atoms with van der Waals surface area (Å²) in [5.41, 5.74) is 8.64. The van der Waals surface area contributed by atoms with Crippen molar-refractivity contribution in [3.8, 4) is 22.6 Å². The average molecular weight is 582 g/mol. The third-order valence-electron chi connectivity index (χ3n) is 7.09. The van der Waals surface area contributed by atoms with Crippen molar-refractivity contribution in [2.45, 2.75) is 0 Å². The summed E-state index contributed by atoms with van der Waals surface area (Å²) in [6.45, 7) is 0. The predicted octanol–water partition coefficient (Wildman–Crippen LogP) is 11.2. The Hall–Kier alpha value is -4.80. The topological polar surface area (TPSA) is 15.7 Å². The van der Waals surface area contributed by atoms with Crippen molar-refractivity contribution < 1.29 is 4.74 Å². The SMILES string of the molecule is Brc1ccc2c(c1)Oc1cc(N(c3ccccc3)c3ccc(-c4ccccc4)cc3)ccc1N2c1ccccc1. The zero-order chi connectivity index (χ0) is 26.9. The van der Waals surface area contributed by atoms with Gasteiger partial charge >= 0.3 is 0 Å². The van der Waals surface area contributed by atoms with E-state index < -0.39 is 0 Å². The van der Waals surface area contributed by atoms with Gasteiger partial charge in [0.2, 0.25) is 0 Å². The number of hydrogen-bond donors (Lipinski definition) is 0. The van der Waals surface area contributed by atoms with Gasteiger partial charge in [-0.2, -0.15) is 0 Å². The molecule has 0 spiro atoms. The van der Waals surface area contributed by atoms with Crippen molar-refractivity contribution in [3.63, 3.8) is 0 Å². The lowest BCUT2D eigenvalue weighted by Gasteiger charge is -2.34. The number of benzene rings is 6. The second-order valence-corrected chi connectivity index (χ2v) is 10.5. The van der Waals surface area contributed by atoms with Crippen LogP contribution in [-0.4, -0.2) is 0 Å². The molecule has 0 bridgehead atoms. The van der Waals surface area contributed by atoms with Gasteiger partial charge in [-0.25, -0.2) is 0 Å². The molecule has 1 heterocycles. The summed E-state index contributed by atoms with van der Waals surface area (Å²) in [5.74, 6) is 1.61. The number of halogens is 1. The number of fused-ring (bicyclic) bond motifs is 2. The molecule has 7 rings (SSSR count). The van der Waals surface area contributed by atoms with E-state index in [0.29, 0.717) is 0 Å². The van der Waals surface area contributed by atoms with Crippen LogP contribution in [0.15, 0.2) is 156 Å². The quantitative estimate of drug-likeness (QED) is 0.201. The summed E-state index contributed by atoms with van der Waals surface area (Å²) in [6.07, 6.45) is 0. The molecule has 0 fully saturated rings. The van der Waals surface area contributed by atoms with Crippen LogP contribution in [0, 0.1) is 0 Å². The van der Waals surface area contributed by atoms with Crippen LogP contribution >= 0.6 is 15.9 Å².